The van der Waals surface area contributed by atoms with Gasteiger partial charge in [0.15, 0.2) is 6.73 Å². The number of hydrogen-bond donors (Lipinski definition) is 0. The summed E-state index contributed by atoms with van der Waals surface area (Å²) in [5.74, 6) is 2.25. The highest BCUT2D eigenvalue weighted by Gasteiger charge is 2.31. The second kappa shape index (κ2) is 12.0. The molecule has 1 aliphatic carbocycles. The fourth-order valence-electron chi connectivity index (χ4n) is 4.03. The lowest BCUT2D eigenvalue weighted by Crippen LogP contribution is -3.00. The van der Waals surface area contributed by atoms with Gasteiger partial charge in [0.2, 0.25) is 6.33 Å². The van der Waals surface area contributed by atoms with E-state index in [-0.39, 0.29) is 12.4 Å². The molecule has 25 heavy (non-hydrogen) atoms. The van der Waals surface area contributed by atoms with Gasteiger partial charge in [-0.05, 0) is 43.4 Å². The maximum atomic E-state index is 6.33. The van der Waals surface area contributed by atoms with Crippen molar-refractivity contribution in [3.8, 4) is 0 Å². The van der Waals surface area contributed by atoms with Crippen molar-refractivity contribution < 1.29 is 21.7 Å². The zero-order valence-electron chi connectivity index (χ0n) is 16.8. The largest absolute Gasteiger partial charge is 1.00 e. The lowest BCUT2D eigenvalue weighted by atomic mass is 9.75. The van der Waals surface area contributed by atoms with Crippen LogP contribution in [0.2, 0.25) is 0 Å². The molecule has 0 unspecified atom stereocenters. The summed E-state index contributed by atoms with van der Waals surface area (Å²) in [6.07, 6.45) is 17.6. The lowest BCUT2D eigenvalue weighted by molar-refractivity contribution is -0.735. The Labute approximate surface area is 161 Å². The number of ether oxygens (including phenoxy) is 1. The van der Waals surface area contributed by atoms with Crippen molar-refractivity contribution in [1.29, 1.82) is 0 Å². The van der Waals surface area contributed by atoms with Gasteiger partial charge in [0, 0.05) is 0 Å². The van der Waals surface area contributed by atoms with Crippen LogP contribution >= 0.6 is 0 Å². The fraction of sp³-hybridized carbons (Fsp3) is 0.857. The maximum absolute atomic E-state index is 6.33. The van der Waals surface area contributed by atoms with E-state index in [0.717, 1.165) is 24.3 Å². The van der Waals surface area contributed by atoms with E-state index in [4.69, 9.17) is 4.74 Å². The van der Waals surface area contributed by atoms with E-state index in [2.05, 4.69) is 55.6 Å². The van der Waals surface area contributed by atoms with E-state index in [9.17, 15) is 0 Å². The predicted octanol–water partition coefficient (Wildman–Crippen LogP) is 2.18. The Morgan fingerprint density at radius 1 is 1.16 bits per heavy atom. The molecule has 0 N–H and O–H groups in total. The van der Waals surface area contributed by atoms with Gasteiger partial charge in [0.1, 0.15) is 12.4 Å². The topological polar surface area (TPSA) is 18.0 Å². The zero-order valence-corrected chi connectivity index (χ0v) is 17.5. The average Bonchev–Trinajstić information content (AvgIpc) is 3.00. The first-order valence-electron chi connectivity index (χ1n) is 10.3. The van der Waals surface area contributed by atoms with Crippen molar-refractivity contribution in [2.24, 2.45) is 17.8 Å². The minimum Gasteiger partial charge on any atom is -1.00 e. The molecule has 0 radical (unpaired) electrons. The van der Waals surface area contributed by atoms with Gasteiger partial charge in [-0.1, -0.05) is 53.4 Å². The minimum atomic E-state index is 0. The molecular formula is C21H39ClN2O. The number of hydrogen-bond acceptors (Lipinski definition) is 1. The van der Waals surface area contributed by atoms with E-state index in [0.29, 0.717) is 12.8 Å². The molecule has 146 valence electrons. The van der Waals surface area contributed by atoms with Crippen LogP contribution in [0.4, 0.5) is 0 Å². The van der Waals surface area contributed by atoms with E-state index in [1.54, 1.807) is 0 Å². The third-order valence-electron chi connectivity index (χ3n) is 5.67. The summed E-state index contributed by atoms with van der Waals surface area (Å²) in [6, 6.07) is 0. The van der Waals surface area contributed by atoms with Gasteiger partial charge >= 0.3 is 0 Å². The first-order valence-corrected chi connectivity index (χ1v) is 10.3. The Morgan fingerprint density at radius 3 is 2.64 bits per heavy atom. The quantitative estimate of drug-likeness (QED) is 0.456. The van der Waals surface area contributed by atoms with Crippen molar-refractivity contribution in [3.05, 3.63) is 18.7 Å². The summed E-state index contributed by atoms with van der Waals surface area (Å²) in [5, 5.41) is 0. The second-order valence-corrected chi connectivity index (χ2v) is 8.24. The smallest absolute Gasteiger partial charge is 0.245 e. The third kappa shape index (κ3) is 7.70. The number of rotatable bonds is 10. The predicted molar refractivity (Wildman–Crippen MR) is 99.6 cm³/mol. The molecule has 0 aliphatic heterocycles. The Morgan fingerprint density at radius 2 is 1.92 bits per heavy atom. The molecule has 3 nitrogen and oxygen atoms in total. The highest BCUT2D eigenvalue weighted by Crippen LogP contribution is 2.35. The van der Waals surface area contributed by atoms with Crippen molar-refractivity contribution in [3.63, 3.8) is 0 Å². The summed E-state index contributed by atoms with van der Waals surface area (Å²) >= 11 is 0. The molecule has 1 aromatic rings. The van der Waals surface area contributed by atoms with Crippen LogP contribution in [0.3, 0.4) is 0 Å². The second-order valence-electron chi connectivity index (χ2n) is 8.24. The first-order chi connectivity index (χ1) is 11.6. The van der Waals surface area contributed by atoms with Gasteiger partial charge in [-0.25, -0.2) is 9.13 Å². The van der Waals surface area contributed by atoms with Crippen LogP contribution in [0.5, 0.6) is 0 Å². The molecule has 3 atom stereocenters. The average molecular weight is 371 g/mol. The summed E-state index contributed by atoms with van der Waals surface area (Å²) in [6.45, 7) is 11.2. The molecule has 1 heterocycles. The number of halogens is 1. The van der Waals surface area contributed by atoms with Gasteiger partial charge in [0.25, 0.3) is 0 Å². The van der Waals surface area contributed by atoms with E-state index >= 15 is 0 Å². The number of aryl methyl sites for hydroxylation is 1. The molecule has 0 amide bonds. The van der Waals surface area contributed by atoms with Gasteiger partial charge in [-0.2, -0.15) is 0 Å². The Bertz CT molecular complexity index is 461. The highest BCUT2D eigenvalue weighted by molar-refractivity contribution is 4.80. The molecule has 0 spiro atoms. The molecule has 2 rings (SSSR count). The minimum absolute atomic E-state index is 0. The van der Waals surface area contributed by atoms with Crippen LogP contribution in [0.15, 0.2) is 18.7 Å². The van der Waals surface area contributed by atoms with Gasteiger partial charge in [-0.3, -0.25) is 0 Å². The molecule has 1 saturated carbocycles. The van der Waals surface area contributed by atoms with Crippen molar-refractivity contribution >= 4 is 0 Å². The molecule has 1 fully saturated rings. The van der Waals surface area contributed by atoms with Gasteiger partial charge in [-0.15, -0.1) is 0 Å². The summed E-state index contributed by atoms with van der Waals surface area (Å²) in [4.78, 5) is 0. The van der Waals surface area contributed by atoms with Crippen molar-refractivity contribution in [2.75, 3.05) is 0 Å². The van der Waals surface area contributed by atoms with Crippen LogP contribution in [0, 0.1) is 17.8 Å². The molecule has 4 heteroatoms. The number of aromatic nitrogens is 2. The number of imidazole rings is 1. The summed E-state index contributed by atoms with van der Waals surface area (Å²) in [7, 11) is 0. The van der Waals surface area contributed by atoms with Crippen LogP contribution in [0.25, 0.3) is 0 Å². The van der Waals surface area contributed by atoms with Crippen molar-refractivity contribution in [1.82, 2.24) is 4.57 Å². The van der Waals surface area contributed by atoms with Crippen molar-refractivity contribution in [2.45, 2.75) is 98.4 Å². The van der Waals surface area contributed by atoms with Crippen LogP contribution in [0.1, 0.15) is 79.1 Å². The monoisotopic (exact) mass is 370 g/mol. The van der Waals surface area contributed by atoms with Crippen LogP contribution < -0.4 is 17.0 Å². The maximum Gasteiger partial charge on any atom is 0.245 e. The van der Waals surface area contributed by atoms with E-state index in [1.165, 1.54) is 51.4 Å². The number of unbranched alkanes of at least 4 members (excludes halogenated alkanes) is 4. The van der Waals surface area contributed by atoms with Gasteiger partial charge in [0.05, 0.1) is 12.6 Å². The normalized spacial score (nSPS) is 23.6. The highest BCUT2D eigenvalue weighted by atomic mass is 35.5. The van der Waals surface area contributed by atoms with Crippen LogP contribution in [-0.4, -0.2) is 10.7 Å². The summed E-state index contributed by atoms with van der Waals surface area (Å²) < 4.78 is 10.8. The molecule has 1 aliphatic rings. The Hall–Kier alpha value is -0.540. The van der Waals surface area contributed by atoms with Crippen LogP contribution in [-0.2, 0) is 18.0 Å². The molecular weight excluding hydrogens is 332 g/mol. The molecule has 0 aromatic carbocycles. The molecule has 1 aromatic heterocycles. The molecule has 0 saturated heterocycles. The first kappa shape index (κ1) is 22.5. The SMILES string of the molecule is CCCCCCCn1cc[n+](CO[C@@H]2C[C@H](C)CC[C@H]2C(C)C)c1.[Cl-]. The lowest BCUT2D eigenvalue weighted by Gasteiger charge is -2.36. The van der Waals surface area contributed by atoms with E-state index in [1.807, 2.05) is 0 Å². The van der Waals surface area contributed by atoms with E-state index < -0.39 is 0 Å². The Balaban J connectivity index is 0.00000312. The fourth-order valence-corrected chi connectivity index (χ4v) is 4.03. The Kier molecular flexibility index (Phi) is 10.8. The number of nitrogens with zero attached hydrogens (tertiary/aromatic N) is 2. The zero-order chi connectivity index (χ0) is 17.4. The standard InChI is InChI=1S/C21H39N2O.ClH/c1-5-6-7-8-9-12-22-13-14-23(16-22)17-24-21-15-19(4)10-11-20(21)18(2)3;/h13-14,16,18-21H,5-12,15,17H2,1-4H3;1H/q+1;/p-1/t19-,20+,21-;/m1./s1. The molecule has 0 bridgehead atoms. The summed E-state index contributed by atoms with van der Waals surface area (Å²) in [5.41, 5.74) is 0. The third-order valence-corrected chi connectivity index (χ3v) is 5.67. The van der Waals surface area contributed by atoms with Gasteiger partial charge < -0.3 is 17.1 Å².